The Morgan fingerprint density at radius 3 is 2.58 bits per heavy atom. The largest absolute Gasteiger partial charge is 0.390 e. The highest BCUT2D eigenvalue weighted by molar-refractivity contribution is 7.81. The summed E-state index contributed by atoms with van der Waals surface area (Å²) in [6, 6.07) is 0. The maximum absolute atomic E-state index is 9.79. The van der Waals surface area contributed by atoms with Crippen LogP contribution in [0.4, 0.5) is 0 Å². The average Bonchev–Trinajstić information content (AvgIpc) is 2.51. The summed E-state index contributed by atoms with van der Waals surface area (Å²) in [6.45, 7) is 2.21. The first-order valence-electron chi connectivity index (χ1n) is 4.55. The first-order valence-corrected chi connectivity index (χ1v) is 5.07. The summed E-state index contributed by atoms with van der Waals surface area (Å²) in [4.78, 5) is 0. The van der Waals surface area contributed by atoms with Gasteiger partial charge in [-0.2, -0.15) is 12.6 Å². The van der Waals surface area contributed by atoms with E-state index in [1.807, 2.05) is 0 Å². The third kappa shape index (κ3) is 0.963. The number of rotatable bonds is 1. The zero-order valence-electron chi connectivity index (χ0n) is 7.47. The van der Waals surface area contributed by atoms with Crippen molar-refractivity contribution in [3.8, 4) is 0 Å². The van der Waals surface area contributed by atoms with Crippen molar-refractivity contribution in [3.63, 3.8) is 0 Å². The lowest BCUT2D eigenvalue weighted by Gasteiger charge is -2.34. The molecule has 0 aromatic heterocycles. The summed E-state index contributed by atoms with van der Waals surface area (Å²) in [7, 11) is 1.69. The van der Waals surface area contributed by atoms with Gasteiger partial charge in [0.2, 0.25) is 0 Å². The van der Waals surface area contributed by atoms with E-state index in [9.17, 15) is 5.11 Å². The van der Waals surface area contributed by atoms with E-state index in [2.05, 4.69) is 19.6 Å². The van der Waals surface area contributed by atoms with E-state index < -0.39 is 0 Å². The van der Waals surface area contributed by atoms with Gasteiger partial charge >= 0.3 is 0 Å². The first kappa shape index (κ1) is 8.85. The molecule has 0 aliphatic heterocycles. The summed E-state index contributed by atoms with van der Waals surface area (Å²) < 4.78 is 5.29. The van der Waals surface area contributed by atoms with Gasteiger partial charge in [-0.1, -0.05) is 6.92 Å². The maximum Gasteiger partial charge on any atom is 0.0864 e. The van der Waals surface area contributed by atoms with Crippen LogP contribution in [0.2, 0.25) is 0 Å². The van der Waals surface area contributed by atoms with Crippen LogP contribution in [0.25, 0.3) is 0 Å². The van der Waals surface area contributed by atoms with E-state index in [0.29, 0.717) is 23.0 Å². The van der Waals surface area contributed by atoms with E-state index in [0.717, 1.165) is 6.42 Å². The third-order valence-corrected chi connectivity index (χ3v) is 4.52. The van der Waals surface area contributed by atoms with Gasteiger partial charge in [-0.05, 0) is 24.2 Å². The second-order valence-corrected chi connectivity index (χ2v) is 4.70. The zero-order valence-corrected chi connectivity index (χ0v) is 8.37. The van der Waals surface area contributed by atoms with Crippen molar-refractivity contribution >= 4 is 12.6 Å². The van der Waals surface area contributed by atoms with Crippen molar-refractivity contribution in [3.05, 3.63) is 0 Å². The van der Waals surface area contributed by atoms with E-state index in [1.54, 1.807) is 7.11 Å². The Balaban J connectivity index is 2.18. The molecule has 2 aliphatic carbocycles. The highest BCUT2D eigenvalue weighted by atomic mass is 32.1. The van der Waals surface area contributed by atoms with Crippen LogP contribution in [0.5, 0.6) is 0 Å². The quantitative estimate of drug-likeness (QED) is 0.600. The Labute approximate surface area is 78.7 Å². The molecule has 70 valence electrons. The lowest BCUT2D eigenvalue weighted by molar-refractivity contribution is -0.0535. The molecule has 12 heavy (non-hydrogen) atoms. The molecule has 5 unspecified atom stereocenters. The molecule has 1 N–H and O–H groups in total. The van der Waals surface area contributed by atoms with Crippen LogP contribution in [0, 0.1) is 17.8 Å². The van der Waals surface area contributed by atoms with Gasteiger partial charge in [0.05, 0.1) is 12.2 Å². The molecule has 2 fully saturated rings. The van der Waals surface area contributed by atoms with Crippen molar-refractivity contribution in [1.29, 1.82) is 0 Å². The summed E-state index contributed by atoms with van der Waals surface area (Å²) in [5.74, 6) is 1.47. The van der Waals surface area contributed by atoms with Crippen LogP contribution in [-0.2, 0) is 4.74 Å². The van der Waals surface area contributed by atoms with E-state index in [-0.39, 0.29) is 12.2 Å². The number of thiol groups is 1. The molecule has 0 amide bonds. The van der Waals surface area contributed by atoms with Crippen LogP contribution in [0.3, 0.4) is 0 Å². The standard InChI is InChI=1S/C9H16O2S/c1-4-5-3-6(9(4)12)7(10)8(5)11-2/h4-10,12H,3H2,1-2H3/t4-,5?,6?,7?,8?,9?/m0/s1. The minimum atomic E-state index is -0.279. The van der Waals surface area contributed by atoms with Crippen molar-refractivity contribution in [2.24, 2.45) is 17.8 Å². The molecule has 0 spiro atoms. The van der Waals surface area contributed by atoms with Gasteiger partial charge in [0, 0.05) is 12.4 Å². The number of methoxy groups -OCH3 is 1. The van der Waals surface area contributed by atoms with Gasteiger partial charge < -0.3 is 9.84 Å². The van der Waals surface area contributed by atoms with Gasteiger partial charge in [-0.3, -0.25) is 0 Å². The summed E-state index contributed by atoms with van der Waals surface area (Å²) in [5.41, 5.74) is 0. The second-order valence-electron chi connectivity index (χ2n) is 4.10. The summed E-state index contributed by atoms with van der Waals surface area (Å²) in [6.07, 6.45) is 0.877. The topological polar surface area (TPSA) is 29.5 Å². The molecule has 2 aliphatic rings. The first-order chi connectivity index (χ1) is 5.66. The number of aliphatic hydroxyl groups excluding tert-OH is 1. The minimum absolute atomic E-state index is 0.0633. The third-order valence-electron chi connectivity index (χ3n) is 3.67. The molecule has 0 saturated heterocycles. The monoisotopic (exact) mass is 188 g/mol. The summed E-state index contributed by atoms with van der Waals surface area (Å²) in [5, 5.41) is 10.2. The molecule has 0 aromatic carbocycles. The fourth-order valence-corrected chi connectivity index (χ4v) is 3.42. The Morgan fingerprint density at radius 1 is 1.42 bits per heavy atom. The number of fused-ring (bicyclic) bond motifs is 2. The van der Waals surface area contributed by atoms with Gasteiger partial charge in [-0.25, -0.2) is 0 Å². The molecule has 2 nitrogen and oxygen atoms in total. The fraction of sp³-hybridized carbons (Fsp3) is 1.00. The molecular formula is C9H16O2S. The number of ether oxygens (including phenoxy) is 1. The number of hydrogen-bond acceptors (Lipinski definition) is 3. The highest BCUT2D eigenvalue weighted by Crippen LogP contribution is 2.51. The Morgan fingerprint density at radius 2 is 2.08 bits per heavy atom. The predicted molar refractivity (Wildman–Crippen MR) is 50.3 cm³/mol. The smallest absolute Gasteiger partial charge is 0.0864 e. The Hall–Kier alpha value is 0.270. The maximum atomic E-state index is 9.79. The lowest BCUT2D eigenvalue weighted by atomic mass is 9.86. The van der Waals surface area contributed by atoms with Crippen LogP contribution >= 0.6 is 12.6 Å². The second kappa shape index (κ2) is 2.89. The normalized spacial score (nSPS) is 58.0. The highest BCUT2D eigenvalue weighted by Gasteiger charge is 2.55. The van der Waals surface area contributed by atoms with E-state index >= 15 is 0 Å². The van der Waals surface area contributed by atoms with E-state index in [4.69, 9.17) is 4.74 Å². The zero-order chi connectivity index (χ0) is 8.88. The molecule has 0 radical (unpaired) electrons. The lowest BCUT2D eigenvalue weighted by Crippen LogP contribution is -2.42. The molecular weight excluding hydrogens is 172 g/mol. The van der Waals surface area contributed by atoms with Crippen LogP contribution in [-0.4, -0.2) is 29.7 Å². The van der Waals surface area contributed by atoms with Crippen LogP contribution in [0.1, 0.15) is 13.3 Å². The molecule has 3 heteroatoms. The van der Waals surface area contributed by atoms with Crippen molar-refractivity contribution in [2.75, 3.05) is 7.11 Å². The Kier molecular flexibility index (Phi) is 2.13. The van der Waals surface area contributed by atoms with Crippen LogP contribution in [0.15, 0.2) is 0 Å². The molecule has 2 bridgehead atoms. The van der Waals surface area contributed by atoms with E-state index in [1.165, 1.54) is 0 Å². The predicted octanol–water partition coefficient (Wildman–Crippen LogP) is 0.947. The van der Waals surface area contributed by atoms with Crippen molar-refractivity contribution in [1.82, 2.24) is 0 Å². The molecule has 6 atom stereocenters. The fourth-order valence-electron chi connectivity index (χ4n) is 2.90. The molecule has 0 heterocycles. The van der Waals surface area contributed by atoms with Gasteiger partial charge in [0.25, 0.3) is 0 Å². The SMILES string of the molecule is COC1C(O)C2CC1[C@H](C)C2S. The average molecular weight is 188 g/mol. The van der Waals surface area contributed by atoms with Gasteiger partial charge in [0.15, 0.2) is 0 Å². The minimum Gasteiger partial charge on any atom is -0.390 e. The summed E-state index contributed by atoms with van der Waals surface area (Å²) >= 11 is 4.52. The molecule has 0 aromatic rings. The number of aliphatic hydroxyl groups is 1. The van der Waals surface area contributed by atoms with Crippen LogP contribution < -0.4 is 0 Å². The molecule has 2 saturated carbocycles. The van der Waals surface area contributed by atoms with Gasteiger partial charge in [0.1, 0.15) is 0 Å². The van der Waals surface area contributed by atoms with Crippen molar-refractivity contribution < 1.29 is 9.84 Å². The van der Waals surface area contributed by atoms with Gasteiger partial charge in [-0.15, -0.1) is 0 Å². The Bertz CT molecular complexity index is 183. The molecule has 2 rings (SSSR count). The van der Waals surface area contributed by atoms with Crippen molar-refractivity contribution in [2.45, 2.75) is 30.8 Å². The number of hydrogen-bond donors (Lipinski definition) is 2.